The maximum Gasteiger partial charge on any atom is 0.255 e. The molecule has 0 saturated carbocycles. The van der Waals surface area contributed by atoms with Gasteiger partial charge in [0.2, 0.25) is 5.91 Å². The van der Waals surface area contributed by atoms with Crippen molar-refractivity contribution in [2.24, 2.45) is 0 Å². The number of thiocarbonyl (C=S) groups is 1. The Hall–Kier alpha value is -3.97. The highest BCUT2D eigenvalue weighted by Crippen LogP contribution is 2.15. The number of ether oxygens (including phenoxy) is 1. The zero-order valence-corrected chi connectivity index (χ0v) is 18.3. The molecular formula is C25H23N3O3S. The van der Waals surface area contributed by atoms with Gasteiger partial charge in [-0.25, -0.2) is 0 Å². The van der Waals surface area contributed by atoms with Crippen LogP contribution in [0, 0.1) is 0 Å². The fourth-order valence-electron chi connectivity index (χ4n) is 2.76. The van der Waals surface area contributed by atoms with Crippen LogP contribution < -0.4 is 20.7 Å². The van der Waals surface area contributed by atoms with Crippen LogP contribution in [0.15, 0.2) is 84.9 Å². The maximum atomic E-state index is 12.2. The van der Waals surface area contributed by atoms with Crippen molar-refractivity contribution in [3.8, 4) is 5.75 Å². The Balaban J connectivity index is 1.47. The summed E-state index contributed by atoms with van der Waals surface area (Å²) in [5.74, 6) is 0.252. The lowest BCUT2D eigenvalue weighted by Crippen LogP contribution is -2.32. The molecule has 7 heteroatoms. The summed E-state index contributed by atoms with van der Waals surface area (Å²) in [6.45, 7) is 2.53. The highest BCUT2D eigenvalue weighted by atomic mass is 32.1. The molecule has 0 aliphatic rings. The Kier molecular flexibility index (Phi) is 8.11. The molecule has 6 nitrogen and oxygen atoms in total. The Labute approximate surface area is 192 Å². The molecule has 0 aliphatic carbocycles. The van der Waals surface area contributed by atoms with Crippen LogP contribution in [0.3, 0.4) is 0 Å². The van der Waals surface area contributed by atoms with Crippen molar-refractivity contribution in [2.75, 3.05) is 17.2 Å². The third kappa shape index (κ3) is 7.07. The summed E-state index contributed by atoms with van der Waals surface area (Å²) in [6, 6.07) is 23.4. The Morgan fingerprint density at radius 2 is 1.50 bits per heavy atom. The van der Waals surface area contributed by atoms with E-state index in [1.165, 1.54) is 6.08 Å². The number of amides is 2. The Morgan fingerprint density at radius 1 is 0.875 bits per heavy atom. The minimum Gasteiger partial charge on any atom is -0.494 e. The van der Waals surface area contributed by atoms with E-state index in [1.54, 1.807) is 42.5 Å². The van der Waals surface area contributed by atoms with Gasteiger partial charge in [-0.15, -0.1) is 0 Å². The zero-order valence-electron chi connectivity index (χ0n) is 17.5. The van der Waals surface area contributed by atoms with Gasteiger partial charge in [-0.1, -0.05) is 30.3 Å². The quantitative estimate of drug-likeness (QED) is 0.357. The van der Waals surface area contributed by atoms with E-state index in [-0.39, 0.29) is 16.9 Å². The van der Waals surface area contributed by atoms with Crippen LogP contribution in [-0.4, -0.2) is 23.5 Å². The van der Waals surface area contributed by atoms with Gasteiger partial charge in [0, 0.05) is 23.0 Å². The number of hydrogen-bond acceptors (Lipinski definition) is 4. The predicted molar refractivity (Wildman–Crippen MR) is 132 cm³/mol. The van der Waals surface area contributed by atoms with E-state index in [2.05, 4.69) is 16.0 Å². The molecule has 0 bridgehead atoms. The average Bonchev–Trinajstić information content (AvgIpc) is 2.80. The summed E-state index contributed by atoms with van der Waals surface area (Å²) in [5.41, 5.74) is 2.79. The van der Waals surface area contributed by atoms with Crippen LogP contribution in [0.2, 0.25) is 0 Å². The Morgan fingerprint density at radius 3 is 2.12 bits per heavy atom. The molecule has 0 heterocycles. The largest absolute Gasteiger partial charge is 0.494 e. The van der Waals surface area contributed by atoms with Gasteiger partial charge >= 0.3 is 0 Å². The highest BCUT2D eigenvalue weighted by Gasteiger charge is 2.06. The molecule has 32 heavy (non-hydrogen) atoms. The van der Waals surface area contributed by atoms with Crippen molar-refractivity contribution >= 4 is 46.6 Å². The smallest absolute Gasteiger partial charge is 0.255 e. The second-order valence-corrected chi connectivity index (χ2v) is 7.08. The second-order valence-electron chi connectivity index (χ2n) is 6.68. The van der Waals surface area contributed by atoms with Gasteiger partial charge < -0.3 is 15.4 Å². The lowest BCUT2D eigenvalue weighted by atomic mass is 10.2. The molecule has 0 unspecified atom stereocenters. The van der Waals surface area contributed by atoms with Gasteiger partial charge in [0.05, 0.1) is 6.61 Å². The van der Waals surface area contributed by atoms with E-state index >= 15 is 0 Å². The number of carbonyl (C=O) groups is 2. The number of nitrogens with one attached hydrogen (secondary N) is 3. The maximum absolute atomic E-state index is 12.2. The van der Waals surface area contributed by atoms with Crippen LogP contribution in [0.5, 0.6) is 5.75 Å². The van der Waals surface area contributed by atoms with Crippen LogP contribution in [0.25, 0.3) is 6.08 Å². The van der Waals surface area contributed by atoms with E-state index < -0.39 is 0 Å². The summed E-state index contributed by atoms with van der Waals surface area (Å²) in [7, 11) is 0. The third-order valence-electron chi connectivity index (χ3n) is 4.29. The summed E-state index contributed by atoms with van der Waals surface area (Å²) in [6.07, 6.45) is 3.10. The van der Waals surface area contributed by atoms with Gasteiger partial charge in [0.25, 0.3) is 5.91 Å². The van der Waals surface area contributed by atoms with Crippen molar-refractivity contribution in [1.29, 1.82) is 0 Å². The van der Waals surface area contributed by atoms with Crippen LogP contribution in [0.4, 0.5) is 11.4 Å². The molecule has 0 spiro atoms. The minimum atomic E-state index is -0.344. The molecule has 0 saturated heterocycles. The number of hydrogen-bond donors (Lipinski definition) is 3. The minimum absolute atomic E-state index is 0.174. The molecule has 0 atom stereocenters. The number of benzene rings is 3. The number of anilines is 2. The predicted octanol–water partition coefficient (Wildman–Crippen LogP) is 4.86. The molecule has 3 rings (SSSR count). The van der Waals surface area contributed by atoms with E-state index in [0.29, 0.717) is 23.5 Å². The van der Waals surface area contributed by atoms with E-state index in [0.717, 1.165) is 11.3 Å². The first-order valence-corrected chi connectivity index (χ1v) is 10.4. The summed E-state index contributed by atoms with van der Waals surface area (Å²) in [5, 5.41) is 8.54. The topological polar surface area (TPSA) is 79.5 Å². The molecule has 3 N–H and O–H groups in total. The standard InChI is InChI=1S/C25H23N3O3S/c1-2-31-22-15-8-18(9-16-22)10-17-23(29)28-25(32)27-21-13-11-20(12-14-21)26-24(30)19-6-4-3-5-7-19/h3-17H,2H2,1H3,(H,26,30)(H2,27,28,29,32)/b17-10+. The SMILES string of the molecule is CCOc1ccc(/C=C/C(=O)NC(=S)Nc2ccc(NC(=O)c3ccccc3)cc2)cc1. The van der Waals surface area contributed by atoms with Crippen LogP contribution >= 0.6 is 12.2 Å². The van der Waals surface area contributed by atoms with E-state index in [4.69, 9.17) is 17.0 Å². The van der Waals surface area contributed by atoms with Crippen LogP contribution in [-0.2, 0) is 4.79 Å². The van der Waals surface area contributed by atoms with Crippen molar-refractivity contribution in [3.05, 3.63) is 96.1 Å². The van der Waals surface area contributed by atoms with Crippen LogP contribution in [0.1, 0.15) is 22.8 Å². The zero-order chi connectivity index (χ0) is 22.8. The monoisotopic (exact) mass is 445 g/mol. The first-order chi connectivity index (χ1) is 15.5. The molecule has 162 valence electrons. The molecular weight excluding hydrogens is 422 g/mol. The fourth-order valence-corrected chi connectivity index (χ4v) is 2.98. The lowest BCUT2D eigenvalue weighted by Gasteiger charge is -2.10. The Bertz CT molecular complexity index is 1100. The summed E-state index contributed by atoms with van der Waals surface area (Å²) >= 11 is 5.19. The molecule has 3 aromatic rings. The highest BCUT2D eigenvalue weighted by molar-refractivity contribution is 7.80. The van der Waals surface area contributed by atoms with Crippen molar-refractivity contribution in [1.82, 2.24) is 5.32 Å². The molecule has 0 radical (unpaired) electrons. The van der Waals surface area contributed by atoms with E-state index in [9.17, 15) is 9.59 Å². The van der Waals surface area contributed by atoms with Crippen molar-refractivity contribution < 1.29 is 14.3 Å². The molecule has 0 fully saturated rings. The second kappa shape index (κ2) is 11.4. The molecule has 0 aliphatic heterocycles. The lowest BCUT2D eigenvalue weighted by molar-refractivity contribution is -0.115. The molecule has 3 aromatic carbocycles. The van der Waals surface area contributed by atoms with Gasteiger partial charge in [0.1, 0.15) is 5.75 Å². The molecule has 2 amide bonds. The third-order valence-corrected chi connectivity index (χ3v) is 4.50. The first-order valence-electron chi connectivity index (χ1n) is 10.0. The van der Waals surface area contributed by atoms with Crippen molar-refractivity contribution in [2.45, 2.75) is 6.92 Å². The number of rotatable bonds is 7. The molecule has 0 aromatic heterocycles. The van der Waals surface area contributed by atoms with Gasteiger partial charge in [0.15, 0.2) is 5.11 Å². The first kappa shape index (κ1) is 22.7. The fraction of sp³-hybridized carbons (Fsp3) is 0.0800. The van der Waals surface area contributed by atoms with E-state index in [1.807, 2.05) is 49.4 Å². The van der Waals surface area contributed by atoms with Gasteiger partial charge in [-0.3, -0.25) is 14.9 Å². The van der Waals surface area contributed by atoms with Crippen molar-refractivity contribution in [3.63, 3.8) is 0 Å². The summed E-state index contributed by atoms with van der Waals surface area (Å²) < 4.78 is 5.39. The summed E-state index contributed by atoms with van der Waals surface area (Å²) in [4.78, 5) is 24.3. The van der Waals surface area contributed by atoms with Gasteiger partial charge in [-0.2, -0.15) is 0 Å². The normalized spacial score (nSPS) is 10.4. The van der Waals surface area contributed by atoms with Gasteiger partial charge in [-0.05, 0) is 79.3 Å². The number of carbonyl (C=O) groups excluding carboxylic acids is 2. The average molecular weight is 446 g/mol.